The zero-order chi connectivity index (χ0) is 17.1. The predicted molar refractivity (Wildman–Crippen MR) is 101 cm³/mol. The molecule has 24 heavy (non-hydrogen) atoms. The standard InChI is InChI=1S/C19H20N2OS2/c1-12(2)23-14-7-5-6-13(10-14)18(22)21-19-16(11-20)15-8-3-4-9-17(15)24-19/h5-7,10,12H,3-4,8-9H2,1-2H3,(H,21,22). The Hall–Kier alpha value is -1.77. The third kappa shape index (κ3) is 3.66. The van der Waals surface area contributed by atoms with Crippen molar-refractivity contribution in [3.63, 3.8) is 0 Å². The molecular formula is C19H20N2OS2. The molecule has 1 N–H and O–H groups in total. The highest BCUT2D eigenvalue weighted by Gasteiger charge is 2.22. The minimum Gasteiger partial charge on any atom is -0.312 e. The smallest absolute Gasteiger partial charge is 0.256 e. The van der Waals surface area contributed by atoms with E-state index in [0.717, 1.165) is 29.7 Å². The number of hydrogen-bond acceptors (Lipinski definition) is 4. The number of benzene rings is 1. The van der Waals surface area contributed by atoms with Crippen LogP contribution in [0.5, 0.6) is 0 Å². The summed E-state index contributed by atoms with van der Waals surface area (Å²) in [5.41, 5.74) is 2.44. The summed E-state index contributed by atoms with van der Waals surface area (Å²) in [5, 5.41) is 13.6. The number of hydrogen-bond donors (Lipinski definition) is 1. The van der Waals surface area contributed by atoms with Crippen molar-refractivity contribution in [2.75, 3.05) is 5.32 Å². The van der Waals surface area contributed by atoms with Crippen molar-refractivity contribution in [2.45, 2.75) is 49.7 Å². The van der Waals surface area contributed by atoms with Gasteiger partial charge in [-0.3, -0.25) is 4.79 Å². The van der Waals surface area contributed by atoms with Crippen molar-refractivity contribution in [1.29, 1.82) is 5.26 Å². The fourth-order valence-electron chi connectivity index (χ4n) is 2.93. The largest absolute Gasteiger partial charge is 0.312 e. The van der Waals surface area contributed by atoms with Crippen LogP contribution in [0.4, 0.5) is 5.00 Å². The van der Waals surface area contributed by atoms with Crippen LogP contribution in [0, 0.1) is 11.3 Å². The van der Waals surface area contributed by atoms with Crippen LogP contribution in [-0.2, 0) is 12.8 Å². The SMILES string of the molecule is CC(C)Sc1cccc(C(=O)Nc2sc3c(c2C#N)CCCC3)c1. The number of rotatable bonds is 4. The lowest BCUT2D eigenvalue weighted by molar-refractivity contribution is 0.102. The van der Waals surface area contributed by atoms with Gasteiger partial charge in [-0.15, -0.1) is 23.1 Å². The lowest BCUT2D eigenvalue weighted by atomic mass is 9.96. The maximum Gasteiger partial charge on any atom is 0.256 e. The summed E-state index contributed by atoms with van der Waals surface area (Å²) in [7, 11) is 0. The maximum absolute atomic E-state index is 12.6. The first-order chi connectivity index (χ1) is 11.6. The van der Waals surface area contributed by atoms with Gasteiger partial charge < -0.3 is 5.32 Å². The van der Waals surface area contributed by atoms with Crippen LogP contribution in [0.1, 0.15) is 53.1 Å². The van der Waals surface area contributed by atoms with E-state index in [4.69, 9.17) is 0 Å². The number of carbonyl (C=O) groups excluding carboxylic acids is 1. The van der Waals surface area contributed by atoms with Gasteiger partial charge in [0.05, 0.1) is 5.56 Å². The highest BCUT2D eigenvalue weighted by Crippen LogP contribution is 2.37. The van der Waals surface area contributed by atoms with Crippen LogP contribution >= 0.6 is 23.1 Å². The molecule has 3 nitrogen and oxygen atoms in total. The Kier molecular flexibility index (Phi) is 5.27. The molecule has 0 saturated heterocycles. The van der Waals surface area contributed by atoms with Gasteiger partial charge >= 0.3 is 0 Å². The van der Waals surface area contributed by atoms with E-state index in [2.05, 4.69) is 25.2 Å². The summed E-state index contributed by atoms with van der Waals surface area (Å²) in [6.07, 6.45) is 4.26. The lowest BCUT2D eigenvalue weighted by Gasteiger charge is -2.09. The second kappa shape index (κ2) is 7.42. The molecule has 1 aliphatic carbocycles. The van der Waals surface area contributed by atoms with E-state index >= 15 is 0 Å². The first-order valence-electron chi connectivity index (χ1n) is 8.21. The Morgan fingerprint density at radius 1 is 1.33 bits per heavy atom. The zero-order valence-electron chi connectivity index (χ0n) is 13.9. The summed E-state index contributed by atoms with van der Waals surface area (Å²) in [6.45, 7) is 4.26. The van der Waals surface area contributed by atoms with Gasteiger partial charge in [-0.1, -0.05) is 19.9 Å². The predicted octanol–water partition coefficient (Wildman–Crippen LogP) is 5.25. The molecule has 1 aromatic heterocycles. The number of carbonyl (C=O) groups is 1. The Bertz CT molecular complexity index is 802. The van der Waals surface area contributed by atoms with Gasteiger partial charge in [0.2, 0.25) is 0 Å². The summed E-state index contributed by atoms with van der Waals surface area (Å²) in [6, 6.07) is 9.95. The molecule has 5 heteroatoms. The molecule has 0 unspecified atom stereocenters. The number of anilines is 1. The maximum atomic E-state index is 12.6. The van der Waals surface area contributed by atoms with Crippen molar-refractivity contribution < 1.29 is 4.79 Å². The Morgan fingerprint density at radius 3 is 2.88 bits per heavy atom. The molecule has 1 heterocycles. The highest BCUT2D eigenvalue weighted by molar-refractivity contribution is 7.99. The van der Waals surface area contributed by atoms with Crippen molar-refractivity contribution in [2.24, 2.45) is 0 Å². The van der Waals surface area contributed by atoms with Gasteiger partial charge in [0, 0.05) is 20.6 Å². The number of nitrogens with one attached hydrogen (secondary N) is 1. The zero-order valence-corrected chi connectivity index (χ0v) is 15.5. The monoisotopic (exact) mass is 356 g/mol. The molecule has 2 aromatic rings. The lowest BCUT2D eigenvalue weighted by Crippen LogP contribution is -2.12. The van der Waals surface area contributed by atoms with Crippen LogP contribution in [0.25, 0.3) is 0 Å². The van der Waals surface area contributed by atoms with E-state index in [1.807, 2.05) is 24.3 Å². The molecule has 124 valence electrons. The number of nitriles is 1. The minimum atomic E-state index is -0.142. The minimum absolute atomic E-state index is 0.142. The van der Waals surface area contributed by atoms with Crippen molar-refractivity contribution in [3.8, 4) is 6.07 Å². The van der Waals surface area contributed by atoms with Gasteiger partial charge in [-0.05, 0) is 49.4 Å². The summed E-state index contributed by atoms with van der Waals surface area (Å²) in [5.74, 6) is -0.142. The summed E-state index contributed by atoms with van der Waals surface area (Å²) >= 11 is 3.30. The van der Waals surface area contributed by atoms with Gasteiger partial charge in [0.25, 0.3) is 5.91 Å². The highest BCUT2D eigenvalue weighted by atomic mass is 32.2. The molecule has 0 spiro atoms. The van der Waals surface area contributed by atoms with E-state index in [1.54, 1.807) is 23.1 Å². The van der Waals surface area contributed by atoms with E-state index < -0.39 is 0 Å². The Morgan fingerprint density at radius 2 is 2.12 bits per heavy atom. The first kappa shape index (κ1) is 17.1. The molecule has 1 aromatic carbocycles. The number of thiophene rings is 1. The molecule has 0 radical (unpaired) electrons. The van der Waals surface area contributed by atoms with Crippen molar-refractivity contribution in [3.05, 3.63) is 45.8 Å². The number of thioether (sulfide) groups is 1. The number of fused-ring (bicyclic) bond motifs is 1. The van der Waals surface area contributed by atoms with Gasteiger partial charge in [-0.2, -0.15) is 5.26 Å². The average molecular weight is 357 g/mol. The number of nitrogens with zero attached hydrogens (tertiary/aromatic N) is 1. The Labute approximate surface area is 151 Å². The normalized spacial score (nSPS) is 13.4. The van der Waals surface area contributed by atoms with Crippen molar-refractivity contribution in [1.82, 2.24) is 0 Å². The quantitative estimate of drug-likeness (QED) is 0.761. The van der Waals surface area contributed by atoms with Gasteiger partial charge in [0.15, 0.2) is 0 Å². The molecule has 1 aliphatic rings. The second-order valence-corrected chi connectivity index (χ2v) is 8.93. The van der Waals surface area contributed by atoms with E-state index in [1.165, 1.54) is 11.3 Å². The van der Waals surface area contributed by atoms with Gasteiger partial charge in [0.1, 0.15) is 11.1 Å². The molecule has 3 rings (SSSR count). The van der Waals surface area contributed by atoms with Crippen LogP contribution in [0.15, 0.2) is 29.2 Å². The first-order valence-corrected chi connectivity index (χ1v) is 9.91. The topological polar surface area (TPSA) is 52.9 Å². The average Bonchev–Trinajstić information content (AvgIpc) is 2.91. The molecule has 0 aliphatic heterocycles. The second-order valence-electron chi connectivity index (χ2n) is 6.18. The van der Waals surface area contributed by atoms with E-state index in [9.17, 15) is 10.1 Å². The molecular weight excluding hydrogens is 336 g/mol. The Balaban J connectivity index is 1.83. The fraction of sp³-hybridized carbons (Fsp3) is 0.368. The number of aryl methyl sites for hydroxylation is 1. The van der Waals surface area contributed by atoms with Gasteiger partial charge in [-0.25, -0.2) is 0 Å². The molecule has 1 amide bonds. The van der Waals surface area contributed by atoms with Crippen LogP contribution in [0.3, 0.4) is 0 Å². The van der Waals surface area contributed by atoms with Crippen molar-refractivity contribution >= 4 is 34.0 Å². The van der Waals surface area contributed by atoms with Crippen LogP contribution in [-0.4, -0.2) is 11.2 Å². The summed E-state index contributed by atoms with van der Waals surface area (Å²) < 4.78 is 0. The third-order valence-electron chi connectivity index (χ3n) is 3.98. The number of amides is 1. The molecule has 0 atom stereocenters. The molecule has 0 fully saturated rings. The van der Waals surface area contributed by atoms with E-state index in [0.29, 0.717) is 21.4 Å². The fourth-order valence-corrected chi connectivity index (χ4v) is 5.06. The van der Waals surface area contributed by atoms with Crippen LogP contribution in [0.2, 0.25) is 0 Å². The third-order valence-corrected chi connectivity index (χ3v) is 6.18. The summed E-state index contributed by atoms with van der Waals surface area (Å²) in [4.78, 5) is 15.0. The van der Waals surface area contributed by atoms with Crippen LogP contribution < -0.4 is 5.32 Å². The molecule has 0 bridgehead atoms. The molecule has 0 saturated carbocycles. The van der Waals surface area contributed by atoms with E-state index in [-0.39, 0.29) is 5.91 Å².